The van der Waals surface area contributed by atoms with Crippen LogP contribution < -0.4 is 10.1 Å². The lowest BCUT2D eigenvalue weighted by molar-refractivity contribution is -0.380. The molecule has 0 saturated heterocycles. The highest BCUT2D eigenvalue weighted by Crippen LogP contribution is 2.24. The smallest absolute Gasteiger partial charge is 0.324 e. The maximum Gasteiger partial charge on any atom is 0.324 e. The van der Waals surface area contributed by atoms with Gasteiger partial charge in [-0.3, -0.25) is 10.1 Å². The van der Waals surface area contributed by atoms with Crippen LogP contribution in [0.4, 0.5) is 9.39 Å². The summed E-state index contributed by atoms with van der Waals surface area (Å²) in [6.45, 7) is 2.39. The van der Waals surface area contributed by atoms with Gasteiger partial charge in [-0.05, 0) is 30.2 Å². The van der Waals surface area contributed by atoms with Crippen LogP contribution in [-0.4, -0.2) is 12.0 Å². The van der Waals surface area contributed by atoms with Crippen LogP contribution in [0.1, 0.15) is 24.1 Å². The number of rotatable bonds is 6. The van der Waals surface area contributed by atoms with Gasteiger partial charge in [0.15, 0.2) is 11.6 Å². The largest absolute Gasteiger partial charge is 0.494 e. The minimum atomic E-state index is -0.408. The van der Waals surface area contributed by atoms with Crippen LogP contribution in [0.15, 0.2) is 29.6 Å². The molecule has 0 aliphatic carbocycles. The fraction of sp³-hybridized carbons (Fsp3) is 0.286. The van der Waals surface area contributed by atoms with E-state index in [0.717, 1.165) is 22.5 Å². The Morgan fingerprint density at radius 2 is 2.24 bits per heavy atom. The van der Waals surface area contributed by atoms with E-state index in [2.05, 4.69) is 5.32 Å². The summed E-state index contributed by atoms with van der Waals surface area (Å²) < 4.78 is 18.5. The molecule has 0 aliphatic heterocycles. The summed E-state index contributed by atoms with van der Waals surface area (Å²) >= 11 is 1.10. The third-order valence-corrected chi connectivity index (χ3v) is 4.04. The molecule has 1 heterocycles. The van der Waals surface area contributed by atoms with E-state index >= 15 is 0 Å². The van der Waals surface area contributed by atoms with Crippen molar-refractivity contribution in [1.29, 1.82) is 0 Å². The van der Waals surface area contributed by atoms with Crippen LogP contribution in [0.5, 0.6) is 5.75 Å². The Morgan fingerprint density at radius 1 is 1.48 bits per heavy atom. The normalized spacial score (nSPS) is 12.1. The summed E-state index contributed by atoms with van der Waals surface area (Å²) in [6.07, 6.45) is 0. The van der Waals surface area contributed by atoms with Crippen LogP contribution >= 0.6 is 11.3 Å². The number of hydrogen-bond donors (Lipinski definition) is 1. The molecule has 1 unspecified atom stereocenters. The summed E-state index contributed by atoms with van der Waals surface area (Å²) in [5, 5.41) is 15.7. The summed E-state index contributed by atoms with van der Waals surface area (Å²) in [6, 6.07) is 6.25. The highest BCUT2D eigenvalue weighted by atomic mass is 32.1. The number of thiophene rings is 1. The van der Waals surface area contributed by atoms with Crippen LogP contribution in [0.25, 0.3) is 0 Å². The van der Waals surface area contributed by atoms with Gasteiger partial charge < -0.3 is 10.1 Å². The van der Waals surface area contributed by atoms with E-state index in [1.165, 1.54) is 13.2 Å². The Kier molecular flexibility index (Phi) is 4.87. The number of halogens is 1. The number of hydrogen-bond acceptors (Lipinski definition) is 5. The van der Waals surface area contributed by atoms with Crippen molar-refractivity contribution in [3.8, 4) is 5.75 Å². The molecule has 1 N–H and O–H groups in total. The molecule has 2 aromatic rings. The Hall–Kier alpha value is -1.99. The van der Waals surface area contributed by atoms with Gasteiger partial charge in [0.2, 0.25) is 0 Å². The van der Waals surface area contributed by atoms with Crippen LogP contribution in [0.3, 0.4) is 0 Å². The SMILES string of the molecule is COc1ccc(C(C)NCc2csc([N+](=O)[O-])c2)cc1F. The third kappa shape index (κ3) is 3.77. The van der Waals surface area contributed by atoms with Crippen molar-refractivity contribution in [2.24, 2.45) is 0 Å². The molecule has 5 nitrogen and oxygen atoms in total. The number of nitrogens with one attached hydrogen (secondary N) is 1. The first-order valence-electron chi connectivity index (χ1n) is 6.30. The monoisotopic (exact) mass is 310 g/mol. The van der Waals surface area contributed by atoms with Gasteiger partial charge in [-0.2, -0.15) is 0 Å². The zero-order valence-electron chi connectivity index (χ0n) is 11.6. The van der Waals surface area contributed by atoms with Gasteiger partial charge in [0.1, 0.15) is 0 Å². The molecule has 0 bridgehead atoms. The van der Waals surface area contributed by atoms with E-state index < -0.39 is 10.7 Å². The molecule has 2 rings (SSSR count). The van der Waals surface area contributed by atoms with E-state index in [-0.39, 0.29) is 16.8 Å². The topological polar surface area (TPSA) is 64.4 Å². The van der Waals surface area contributed by atoms with Crippen molar-refractivity contribution in [2.45, 2.75) is 19.5 Å². The molecule has 0 fully saturated rings. The standard InChI is InChI=1S/C14H15FN2O3S/c1-9(11-3-4-13(20-2)12(15)6-11)16-7-10-5-14(17(18)19)21-8-10/h3-6,8-9,16H,7H2,1-2H3. The van der Waals surface area contributed by atoms with E-state index in [1.807, 2.05) is 6.92 Å². The minimum absolute atomic E-state index is 0.0793. The van der Waals surface area contributed by atoms with Gasteiger partial charge in [0, 0.05) is 24.0 Å². The zero-order valence-corrected chi connectivity index (χ0v) is 12.4. The average Bonchev–Trinajstić information content (AvgIpc) is 2.93. The lowest BCUT2D eigenvalue weighted by atomic mass is 10.1. The number of nitro groups is 1. The predicted molar refractivity (Wildman–Crippen MR) is 79.2 cm³/mol. The van der Waals surface area contributed by atoms with Crippen molar-refractivity contribution >= 4 is 16.3 Å². The first kappa shape index (κ1) is 15.4. The molecule has 1 atom stereocenters. The van der Waals surface area contributed by atoms with Crippen LogP contribution in [0, 0.1) is 15.9 Å². The van der Waals surface area contributed by atoms with Gasteiger partial charge in [0.05, 0.1) is 12.0 Å². The van der Waals surface area contributed by atoms with Gasteiger partial charge in [-0.25, -0.2) is 4.39 Å². The highest BCUT2D eigenvalue weighted by Gasteiger charge is 2.12. The van der Waals surface area contributed by atoms with Gasteiger partial charge in [0.25, 0.3) is 0 Å². The van der Waals surface area contributed by atoms with E-state index in [4.69, 9.17) is 4.74 Å². The second-order valence-electron chi connectivity index (χ2n) is 4.55. The molecule has 1 aromatic heterocycles. The van der Waals surface area contributed by atoms with Gasteiger partial charge in [-0.1, -0.05) is 17.4 Å². The number of nitrogens with zero attached hydrogens (tertiary/aromatic N) is 1. The molecule has 112 valence electrons. The summed E-state index contributed by atoms with van der Waals surface area (Å²) in [4.78, 5) is 10.2. The molecule has 1 aromatic carbocycles. The maximum absolute atomic E-state index is 13.6. The van der Waals surface area contributed by atoms with Crippen molar-refractivity contribution in [3.63, 3.8) is 0 Å². The van der Waals surface area contributed by atoms with Crippen molar-refractivity contribution < 1.29 is 14.1 Å². The lowest BCUT2D eigenvalue weighted by Gasteiger charge is -2.14. The third-order valence-electron chi connectivity index (χ3n) is 3.11. The predicted octanol–water partition coefficient (Wildman–Crippen LogP) is 3.65. The molecule has 0 saturated carbocycles. The molecule has 0 spiro atoms. The fourth-order valence-electron chi connectivity index (χ4n) is 1.89. The molecule has 7 heteroatoms. The number of benzene rings is 1. The Morgan fingerprint density at radius 3 is 2.81 bits per heavy atom. The Labute approximate surface area is 125 Å². The summed E-state index contributed by atoms with van der Waals surface area (Å²) in [5.41, 5.74) is 1.63. The first-order chi connectivity index (χ1) is 10.0. The van der Waals surface area contributed by atoms with Crippen LogP contribution in [-0.2, 0) is 6.54 Å². The summed E-state index contributed by atoms with van der Waals surface area (Å²) in [5.74, 6) is -0.200. The van der Waals surface area contributed by atoms with Crippen molar-refractivity contribution in [1.82, 2.24) is 5.32 Å². The quantitative estimate of drug-likeness (QED) is 0.653. The summed E-state index contributed by atoms with van der Waals surface area (Å²) in [7, 11) is 1.42. The number of ether oxygens (including phenoxy) is 1. The lowest BCUT2D eigenvalue weighted by Crippen LogP contribution is -2.17. The van der Waals surface area contributed by atoms with Crippen molar-refractivity contribution in [2.75, 3.05) is 7.11 Å². The Bertz CT molecular complexity index is 645. The van der Waals surface area contributed by atoms with Gasteiger partial charge >= 0.3 is 5.00 Å². The maximum atomic E-state index is 13.6. The average molecular weight is 310 g/mol. The second-order valence-corrected chi connectivity index (χ2v) is 5.44. The van der Waals surface area contributed by atoms with E-state index in [9.17, 15) is 14.5 Å². The first-order valence-corrected chi connectivity index (χ1v) is 7.18. The molecule has 0 radical (unpaired) electrons. The molecule has 0 amide bonds. The number of methoxy groups -OCH3 is 1. The van der Waals surface area contributed by atoms with Crippen molar-refractivity contribution in [3.05, 3.63) is 56.7 Å². The molecule has 0 aliphatic rings. The molecular weight excluding hydrogens is 295 g/mol. The molecule has 21 heavy (non-hydrogen) atoms. The minimum Gasteiger partial charge on any atom is -0.494 e. The van der Waals surface area contributed by atoms with E-state index in [0.29, 0.717) is 6.54 Å². The molecular formula is C14H15FN2O3S. The Balaban J connectivity index is 1.99. The van der Waals surface area contributed by atoms with E-state index in [1.54, 1.807) is 23.6 Å². The zero-order chi connectivity index (χ0) is 15.4. The fourth-order valence-corrected chi connectivity index (χ4v) is 2.62. The highest BCUT2D eigenvalue weighted by molar-refractivity contribution is 7.13. The second kappa shape index (κ2) is 6.64. The van der Waals surface area contributed by atoms with Crippen LogP contribution in [0.2, 0.25) is 0 Å². The van der Waals surface area contributed by atoms with Gasteiger partial charge in [-0.15, -0.1) is 0 Å².